The smallest absolute Gasteiger partial charge is 0.131 e. The highest BCUT2D eigenvalue weighted by Gasteiger charge is 2.22. The maximum absolute atomic E-state index is 12.8. The summed E-state index contributed by atoms with van der Waals surface area (Å²) >= 11 is 23.7. The van der Waals surface area contributed by atoms with E-state index in [2.05, 4.69) is 74.0 Å². The topological polar surface area (TPSA) is 170 Å². The normalized spacial score (nSPS) is 11.1. The highest BCUT2D eigenvalue weighted by molar-refractivity contribution is 9.11. The molecule has 2 aromatic carbocycles. The summed E-state index contributed by atoms with van der Waals surface area (Å²) in [7, 11) is -5.02. The van der Waals surface area contributed by atoms with Gasteiger partial charge in [-0.1, -0.05) is 48.1 Å². The molecule has 4 aromatic heterocycles. The van der Waals surface area contributed by atoms with Crippen LogP contribution in [0.15, 0.2) is 82.5 Å². The predicted octanol–water partition coefficient (Wildman–Crippen LogP) is 9.82. The van der Waals surface area contributed by atoms with E-state index >= 15 is 0 Å². The lowest BCUT2D eigenvalue weighted by molar-refractivity contribution is 0.287. The minimum atomic E-state index is -2.59. The molecule has 0 aliphatic heterocycles. The van der Waals surface area contributed by atoms with E-state index in [0.717, 1.165) is 33.0 Å². The molecule has 0 saturated heterocycles. The number of aliphatic hydroxyl groups is 1. The van der Waals surface area contributed by atoms with Crippen LogP contribution >= 0.6 is 80.9 Å². The van der Waals surface area contributed by atoms with Gasteiger partial charge in [-0.3, -0.25) is 19.9 Å². The zero-order chi connectivity index (χ0) is 38.6. The first-order chi connectivity index (χ1) is 24.5. The number of nitrogen functional groups attached to an aromatic ring is 1. The Kier molecular flexibility index (Phi) is 16.9. The molecule has 4 heterocycles. The van der Waals surface area contributed by atoms with Gasteiger partial charge in [-0.25, -0.2) is 9.97 Å². The number of fused-ring (bicyclic) bond motifs is 2. The standard InChI is InChI=1S/C15H13BrClN4OP.C10H12N3OP.C5H2BrCl2N.C4H10O/c1-23(2,22)15-11(4-3-10-14(15)19-6-5-18-10)21-12-7-13(17)20-8-9(12)16;1-15(2,14)10-7(11)3-4-8-9(10)13-6-5-12-8;6-3-2-9-5(8)1-4(3)7;1-2-3-4-5/h3-8H,1-2H3,(H,20,21);3-6H,11H2,1-2H3;1-2H;5H,2-4H2,1H3. The molecule has 0 unspecified atom stereocenters. The van der Waals surface area contributed by atoms with Crippen LogP contribution in [0.4, 0.5) is 17.1 Å². The Morgan fingerprint density at radius 1 is 0.712 bits per heavy atom. The number of halogens is 5. The number of nitrogens with two attached hydrogens (primary N) is 1. The van der Waals surface area contributed by atoms with E-state index in [4.69, 9.17) is 45.6 Å². The molecule has 276 valence electrons. The number of benzene rings is 2. The molecule has 11 nitrogen and oxygen atoms in total. The molecule has 0 atom stereocenters. The first-order valence-electron chi connectivity index (χ1n) is 15.5. The Morgan fingerprint density at radius 3 is 1.69 bits per heavy atom. The van der Waals surface area contributed by atoms with Crippen molar-refractivity contribution in [2.75, 3.05) is 44.3 Å². The van der Waals surface area contributed by atoms with Crippen molar-refractivity contribution in [3.05, 3.63) is 97.9 Å². The Morgan fingerprint density at radius 2 is 1.21 bits per heavy atom. The van der Waals surface area contributed by atoms with Gasteiger partial charge in [0.2, 0.25) is 0 Å². The van der Waals surface area contributed by atoms with E-state index < -0.39 is 14.3 Å². The van der Waals surface area contributed by atoms with Crippen LogP contribution < -0.4 is 21.7 Å². The Hall–Kier alpha value is -2.73. The highest BCUT2D eigenvalue weighted by Crippen LogP contribution is 2.42. The summed E-state index contributed by atoms with van der Waals surface area (Å²) < 4.78 is 26.5. The number of pyridine rings is 2. The van der Waals surface area contributed by atoms with Crippen molar-refractivity contribution >= 4 is 131 Å². The molecule has 18 heteroatoms. The van der Waals surface area contributed by atoms with Gasteiger partial charge in [0.15, 0.2) is 0 Å². The van der Waals surface area contributed by atoms with E-state index in [-0.39, 0.29) is 0 Å². The number of nitrogens with one attached hydrogen (secondary N) is 1. The van der Waals surface area contributed by atoms with Crippen molar-refractivity contribution in [1.29, 1.82) is 0 Å². The van der Waals surface area contributed by atoms with Crippen LogP contribution in [0, 0.1) is 0 Å². The molecule has 4 N–H and O–H groups in total. The number of unbranched alkanes of at least 4 members (excludes halogenated alkanes) is 1. The zero-order valence-corrected chi connectivity index (χ0v) is 36.1. The van der Waals surface area contributed by atoms with Crippen LogP contribution in [0.25, 0.3) is 22.1 Å². The molecule has 52 heavy (non-hydrogen) atoms. The molecular formula is C34H37Br2Cl3N8O3P2. The molecule has 0 fully saturated rings. The summed E-state index contributed by atoms with van der Waals surface area (Å²) in [4.78, 5) is 24.8. The van der Waals surface area contributed by atoms with Crippen LogP contribution in [0.2, 0.25) is 15.3 Å². The van der Waals surface area contributed by atoms with Gasteiger partial charge in [-0.15, -0.1) is 0 Å². The quantitative estimate of drug-likeness (QED) is 0.0826. The molecule has 0 saturated carbocycles. The third kappa shape index (κ3) is 12.7. The Balaban J connectivity index is 0.000000215. The number of nitrogens with zero attached hydrogens (tertiary/aromatic N) is 6. The van der Waals surface area contributed by atoms with Crippen molar-refractivity contribution in [2.45, 2.75) is 19.8 Å². The average molecular weight is 934 g/mol. The number of hydrogen-bond donors (Lipinski definition) is 3. The highest BCUT2D eigenvalue weighted by atomic mass is 79.9. The molecule has 0 aliphatic carbocycles. The molecule has 6 rings (SSSR count). The lowest BCUT2D eigenvalue weighted by Gasteiger charge is -2.17. The van der Waals surface area contributed by atoms with Crippen LogP contribution in [-0.4, -0.2) is 68.3 Å². The van der Waals surface area contributed by atoms with Crippen LogP contribution in [-0.2, 0) is 9.13 Å². The third-order valence-electron chi connectivity index (χ3n) is 6.71. The number of anilines is 3. The van der Waals surface area contributed by atoms with E-state index in [1.807, 2.05) is 12.1 Å². The van der Waals surface area contributed by atoms with E-state index in [1.165, 1.54) is 0 Å². The Labute approximate surface area is 334 Å². The second-order valence-corrected chi connectivity index (χ2v) is 20.8. The van der Waals surface area contributed by atoms with Crippen molar-refractivity contribution in [3.8, 4) is 0 Å². The lowest BCUT2D eigenvalue weighted by atomic mass is 10.2. The summed E-state index contributed by atoms with van der Waals surface area (Å²) in [6.07, 6.45) is 11.6. The van der Waals surface area contributed by atoms with Crippen molar-refractivity contribution in [2.24, 2.45) is 0 Å². The molecule has 0 aliphatic rings. The predicted molar refractivity (Wildman–Crippen MR) is 226 cm³/mol. The minimum Gasteiger partial charge on any atom is -0.398 e. The summed E-state index contributed by atoms with van der Waals surface area (Å²) in [5, 5.41) is 14.0. The fourth-order valence-corrected chi connectivity index (χ4v) is 8.30. The van der Waals surface area contributed by atoms with E-state index in [9.17, 15) is 9.13 Å². The Bertz CT molecular complexity index is 2240. The van der Waals surface area contributed by atoms with Gasteiger partial charge in [0.05, 0.1) is 47.0 Å². The summed E-state index contributed by atoms with van der Waals surface area (Å²) in [5.74, 6) is 0. The van der Waals surface area contributed by atoms with Crippen LogP contribution in [0.1, 0.15) is 19.8 Å². The SMILES string of the molecule is CCCCO.CP(C)(=O)c1c(N)ccc2nccnc12.CP(C)(=O)c1c(Nc2cc(Cl)ncc2Br)ccc2nccnc12.Clc1cc(Cl)c(Br)cn1. The monoisotopic (exact) mass is 930 g/mol. The second-order valence-electron chi connectivity index (χ2n) is 11.6. The van der Waals surface area contributed by atoms with Gasteiger partial charge in [-0.2, -0.15) is 0 Å². The zero-order valence-electron chi connectivity index (χ0n) is 28.9. The van der Waals surface area contributed by atoms with Crippen molar-refractivity contribution in [1.82, 2.24) is 29.9 Å². The molecule has 0 radical (unpaired) electrons. The fourth-order valence-electron chi connectivity index (χ4n) is 4.47. The van der Waals surface area contributed by atoms with Gasteiger partial charge < -0.3 is 25.3 Å². The first-order valence-corrected chi connectivity index (χ1v) is 23.4. The molecule has 6 aromatic rings. The second kappa shape index (κ2) is 20.1. The van der Waals surface area contributed by atoms with E-state index in [1.54, 1.807) is 88.1 Å². The van der Waals surface area contributed by atoms with Gasteiger partial charge in [0.25, 0.3) is 0 Å². The lowest BCUT2D eigenvalue weighted by Crippen LogP contribution is -2.13. The molecule has 0 bridgehead atoms. The van der Waals surface area contributed by atoms with Gasteiger partial charge >= 0.3 is 0 Å². The maximum atomic E-state index is 12.8. The summed E-state index contributed by atoms with van der Waals surface area (Å²) in [6, 6.07) is 10.5. The van der Waals surface area contributed by atoms with Crippen molar-refractivity contribution in [3.63, 3.8) is 0 Å². The largest absolute Gasteiger partial charge is 0.398 e. The number of hydrogen-bond acceptors (Lipinski definition) is 11. The minimum absolute atomic E-state index is 0.344. The molecule has 0 spiro atoms. The van der Waals surface area contributed by atoms with Gasteiger partial charge in [0, 0.05) is 55.5 Å². The fraction of sp³-hybridized carbons (Fsp3) is 0.235. The maximum Gasteiger partial charge on any atom is 0.131 e. The van der Waals surface area contributed by atoms with E-state index in [0.29, 0.717) is 60.5 Å². The first kappa shape index (κ1) is 43.7. The average Bonchev–Trinajstić information content (AvgIpc) is 3.08. The van der Waals surface area contributed by atoms with Crippen LogP contribution in [0.5, 0.6) is 0 Å². The van der Waals surface area contributed by atoms with Gasteiger partial charge in [-0.05, 0) is 95.3 Å². The molecular weight excluding hydrogens is 897 g/mol. The van der Waals surface area contributed by atoms with Crippen LogP contribution in [0.3, 0.4) is 0 Å². The number of aliphatic hydroxyl groups excluding tert-OH is 1. The number of rotatable bonds is 6. The van der Waals surface area contributed by atoms with Gasteiger partial charge in [0.1, 0.15) is 35.6 Å². The number of aromatic nitrogens is 6. The van der Waals surface area contributed by atoms with Crippen molar-refractivity contribution < 1.29 is 14.2 Å². The summed E-state index contributed by atoms with van der Waals surface area (Å²) in [6.45, 7) is 9.21. The summed E-state index contributed by atoms with van der Waals surface area (Å²) in [5.41, 5.74) is 10.5. The third-order valence-corrected chi connectivity index (χ3v) is 12.0. The molecule has 0 amide bonds.